The first kappa shape index (κ1) is 23.5. The molecule has 0 bridgehead atoms. The van der Waals surface area contributed by atoms with Crippen molar-refractivity contribution in [1.29, 1.82) is 0 Å². The first-order chi connectivity index (χ1) is 16.2. The number of nitrogens with two attached hydrogens (primary N) is 2. The normalized spacial score (nSPS) is 13.8. The van der Waals surface area contributed by atoms with E-state index in [0.717, 1.165) is 12.1 Å². The van der Waals surface area contributed by atoms with Crippen LogP contribution < -0.4 is 26.5 Å². The highest BCUT2D eigenvalue weighted by atomic mass is 19.1. The van der Waals surface area contributed by atoms with Crippen LogP contribution >= 0.6 is 0 Å². The van der Waals surface area contributed by atoms with Crippen LogP contribution in [0.2, 0.25) is 0 Å². The topological polar surface area (TPSA) is 133 Å². The second-order valence-electron chi connectivity index (χ2n) is 7.92. The minimum atomic E-state index is -0.916. The molecular formula is C23H24F2N4O5. The number of aliphatic hydroxyl groups is 1. The number of anilines is 2. The third-order valence-corrected chi connectivity index (χ3v) is 5.72. The van der Waals surface area contributed by atoms with Gasteiger partial charge in [0.25, 0.3) is 0 Å². The van der Waals surface area contributed by atoms with Gasteiger partial charge in [0.2, 0.25) is 5.43 Å². The van der Waals surface area contributed by atoms with Crippen LogP contribution in [-0.2, 0) is 11.3 Å². The number of rotatable bonds is 6. The summed E-state index contributed by atoms with van der Waals surface area (Å²) in [4.78, 5) is 27.5. The summed E-state index contributed by atoms with van der Waals surface area (Å²) in [6, 6.07) is 3.17. The second-order valence-corrected chi connectivity index (χ2v) is 7.92. The molecule has 1 saturated heterocycles. The number of hydrogen-bond acceptors (Lipinski definition) is 8. The Labute approximate surface area is 193 Å². The SMILES string of the molecule is CCOC(=O)c1cn(-c2cc(N)c(F)cc2CO)c2c(OC)c(N3CC(N)C3)c(F)cc2c1=O. The molecule has 1 aliphatic rings. The highest BCUT2D eigenvalue weighted by molar-refractivity contribution is 5.98. The summed E-state index contributed by atoms with van der Waals surface area (Å²) in [6.45, 7) is 1.75. The minimum absolute atomic E-state index is 0.00747. The number of ether oxygens (including phenoxy) is 2. The van der Waals surface area contributed by atoms with Gasteiger partial charge in [0.05, 0.1) is 37.1 Å². The smallest absolute Gasteiger partial charge is 0.343 e. The van der Waals surface area contributed by atoms with Gasteiger partial charge in [-0.05, 0) is 25.1 Å². The lowest BCUT2D eigenvalue weighted by Crippen LogP contribution is -2.56. The van der Waals surface area contributed by atoms with Crippen LogP contribution in [0.1, 0.15) is 22.8 Å². The fourth-order valence-electron chi connectivity index (χ4n) is 4.11. The standard InChI is InChI=1S/C23H24F2N4O5/c1-3-34-23(32)14-9-29(18-6-17(27)15(24)4-11(18)10-30)19-13(21(14)31)5-16(25)20(22(19)33-2)28-7-12(26)8-28/h4-6,9,12,30H,3,7-8,10,26-27H2,1-2H3. The highest BCUT2D eigenvalue weighted by Crippen LogP contribution is 2.41. The molecule has 1 fully saturated rings. The van der Waals surface area contributed by atoms with Crippen LogP contribution in [0.15, 0.2) is 29.2 Å². The molecule has 1 aliphatic heterocycles. The van der Waals surface area contributed by atoms with Crippen LogP contribution in [0, 0.1) is 11.6 Å². The summed E-state index contributed by atoms with van der Waals surface area (Å²) in [6.07, 6.45) is 1.19. The molecule has 0 radical (unpaired) electrons. The lowest BCUT2D eigenvalue weighted by molar-refractivity contribution is 0.0524. The van der Waals surface area contributed by atoms with Gasteiger partial charge >= 0.3 is 5.97 Å². The molecule has 0 atom stereocenters. The number of nitrogens with zero attached hydrogens (tertiary/aromatic N) is 2. The summed E-state index contributed by atoms with van der Waals surface area (Å²) in [5, 5.41) is 9.72. The van der Waals surface area contributed by atoms with Crippen molar-refractivity contribution in [2.24, 2.45) is 5.73 Å². The van der Waals surface area contributed by atoms with Crippen molar-refractivity contribution in [2.45, 2.75) is 19.6 Å². The van der Waals surface area contributed by atoms with Crippen LogP contribution in [0.3, 0.4) is 0 Å². The van der Waals surface area contributed by atoms with Crippen LogP contribution in [0.5, 0.6) is 5.75 Å². The Hall–Kier alpha value is -3.70. The van der Waals surface area contributed by atoms with E-state index in [9.17, 15) is 19.1 Å². The number of halogens is 2. The zero-order valence-electron chi connectivity index (χ0n) is 18.6. The largest absolute Gasteiger partial charge is 0.492 e. The summed E-state index contributed by atoms with van der Waals surface area (Å²) in [5.74, 6) is -2.39. The van der Waals surface area contributed by atoms with Crippen molar-refractivity contribution in [2.75, 3.05) is 37.4 Å². The Morgan fingerprint density at radius 1 is 1.24 bits per heavy atom. The van der Waals surface area contributed by atoms with Gasteiger partial charge in [0, 0.05) is 30.9 Å². The average molecular weight is 474 g/mol. The Kier molecular flexibility index (Phi) is 6.15. The van der Waals surface area contributed by atoms with Gasteiger partial charge in [0.1, 0.15) is 22.6 Å². The molecule has 2 aromatic carbocycles. The minimum Gasteiger partial charge on any atom is -0.492 e. The van der Waals surface area contributed by atoms with Gasteiger partial charge in [-0.3, -0.25) is 4.79 Å². The van der Waals surface area contributed by atoms with Crippen molar-refractivity contribution in [1.82, 2.24) is 4.57 Å². The van der Waals surface area contributed by atoms with Crippen molar-refractivity contribution in [3.05, 3.63) is 57.4 Å². The maximum Gasteiger partial charge on any atom is 0.343 e. The number of aliphatic hydroxyl groups excluding tert-OH is 1. The van der Waals surface area contributed by atoms with Crippen molar-refractivity contribution >= 4 is 28.2 Å². The molecule has 0 saturated carbocycles. The van der Waals surface area contributed by atoms with Gasteiger partial charge in [0.15, 0.2) is 11.6 Å². The van der Waals surface area contributed by atoms with Crippen LogP contribution in [-0.4, -0.2) is 48.5 Å². The molecule has 1 aromatic heterocycles. The molecule has 5 N–H and O–H groups in total. The lowest BCUT2D eigenvalue weighted by Gasteiger charge is -2.39. The number of pyridine rings is 1. The summed E-state index contributed by atoms with van der Waals surface area (Å²) < 4.78 is 41.3. The molecule has 3 aromatic rings. The van der Waals surface area contributed by atoms with E-state index >= 15 is 4.39 Å². The molecule has 4 rings (SSSR count). The average Bonchev–Trinajstić information content (AvgIpc) is 2.78. The van der Waals surface area contributed by atoms with Gasteiger partial charge in [-0.1, -0.05) is 0 Å². The van der Waals surface area contributed by atoms with Crippen molar-refractivity contribution in [3.63, 3.8) is 0 Å². The van der Waals surface area contributed by atoms with Crippen LogP contribution in [0.4, 0.5) is 20.2 Å². The number of fused-ring (bicyclic) bond motifs is 1. The molecule has 180 valence electrons. The first-order valence-electron chi connectivity index (χ1n) is 10.5. The van der Waals surface area contributed by atoms with E-state index in [0.29, 0.717) is 13.1 Å². The maximum atomic E-state index is 15.3. The zero-order valence-corrected chi connectivity index (χ0v) is 18.6. The molecule has 0 amide bonds. The number of carbonyl (C=O) groups excluding carboxylic acids is 1. The second kappa shape index (κ2) is 8.92. The number of benzene rings is 2. The maximum absolute atomic E-state index is 15.3. The van der Waals surface area contributed by atoms with E-state index in [-0.39, 0.29) is 57.5 Å². The predicted molar refractivity (Wildman–Crippen MR) is 122 cm³/mol. The molecule has 0 aliphatic carbocycles. The Balaban J connectivity index is 2.16. The van der Waals surface area contributed by atoms with E-state index in [2.05, 4.69) is 0 Å². The molecule has 9 nitrogen and oxygen atoms in total. The van der Waals surface area contributed by atoms with E-state index in [4.69, 9.17) is 20.9 Å². The quantitative estimate of drug-likeness (QED) is 0.363. The molecule has 11 heteroatoms. The Morgan fingerprint density at radius 2 is 1.94 bits per heavy atom. The number of nitrogen functional groups attached to an aromatic ring is 1. The molecule has 0 unspecified atom stereocenters. The highest BCUT2D eigenvalue weighted by Gasteiger charge is 2.32. The van der Waals surface area contributed by atoms with Crippen molar-refractivity contribution in [3.8, 4) is 11.4 Å². The van der Waals surface area contributed by atoms with E-state index < -0.39 is 29.6 Å². The molecule has 0 spiro atoms. The van der Waals surface area contributed by atoms with Gasteiger partial charge < -0.3 is 35.5 Å². The number of aromatic nitrogens is 1. The fraction of sp³-hybridized carbons (Fsp3) is 0.304. The number of hydrogen-bond donors (Lipinski definition) is 3. The van der Waals surface area contributed by atoms with E-state index in [1.54, 1.807) is 11.8 Å². The van der Waals surface area contributed by atoms with E-state index in [1.807, 2.05) is 0 Å². The van der Waals surface area contributed by atoms with Gasteiger partial charge in [-0.2, -0.15) is 0 Å². The molecule has 2 heterocycles. The third-order valence-electron chi connectivity index (χ3n) is 5.72. The molecular weight excluding hydrogens is 450 g/mol. The van der Waals surface area contributed by atoms with Crippen LogP contribution in [0.25, 0.3) is 16.6 Å². The predicted octanol–water partition coefficient (Wildman–Crippen LogP) is 1.68. The number of esters is 1. The monoisotopic (exact) mass is 474 g/mol. The summed E-state index contributed by atoms with van der Waals surface area (Å²) >= 11 is 0. The summed E-state index contributed by atoms with van der Waals surface area (Å²) in [5.41, 5.74) is 10.8. The van der Waals surface area contributed by atoms with Gasteiger partial charge in [-0.15, -0.1) is 0 Å². The Morgan fingerprint density at radius 3 is 2.53 bits per heavy atom. The van der Waals surface area contributed by atoms with E-state index in [1.165, 1.54) is 23.9 Å². The Bertz CT molecular complexity index is 1350. The summed E-state index contributed by atoms with van der Waals surface area (Å²) in [7, 11) is 1.32. The molecule has 34 heavy (non-hydrogen) atoms. The first-order valence-corrected chi connectivity index (χ1v) is 10.5. The fourth-order valence-corrected chi connectivity index (χ4v) is 4.11. The van der Waals surface area contributed by atoms with Crippen molar-refractivity contribution < 1.29 is 28.2 Å². The lowest BCUT2D eigenvalue weighted by atomic mass is 10.0. The third kappa shape index (κ3) is 3.72. The number of methoxy groups -OCH3 is 1. The van der Waals surface area contributed by atoms with Gasteiger partial charge in [-0.25, -0.2) is 13.6 Å². The number of carbonyl (C=O) groups is 1. The zero-order chi connectivity index (χ0) is 24.7.